The Morgan fingerprint density at radius 1 is 0.649 bits per heavy atom. The molecule has 0 saturated carbocycles. The van der Waals surface area contributed by atoms with Crippen LogP contribution in [0.1, 0.15) is 85.8 Å². The summed E-state index contributed by atoms with van der Waals surface area (Å²) in [5.41, 5.74) is 6.56. The number of nitrogens with zero attached hydrogens (tertiary/aromatic N) is 1. The van der Waals surface area contributed by atoms with Crippen molar-refractivity contribution in [2.24, 2.45) is 0 Å². The molecule has 0 aliphatic rings. The molecule has 0 spiro atoms. The van der Waals surface area contributed by atoms with Gasteiger partial charge in [0.05, 0.1) is 46.4 Å². The Bertz CT molecular complexity index is 1950. The predicted octanol–water partition coefficient (Wildman–Crippen LogP) is 8.10. The summed E-state index contributed by atoms with van der Waals surface area (Å²) in [6.45, 7) is 11.4. The van der Waals surface area contributed by atoms with Gasteiger partial charge in [0.15, 0.2) is 24.0 Å². The van der Waals surface area contributed by atoms with Crippen LogP contribution in [0.3, 0.4) is 0 Å². The molecule has 0 heterocycles. The van der Waals surface area contributed by atoms with Gasteiger partial charge in [-0.25, -0.2) is 0 Å². The summed E-state index contributed by atoms with van der Waals surface area (Å²) < 4.78 is 25.0. The van der Waals surface area contributed by atoms with Crippen LogP contribution in [0.2, 0.25) is 0 Å². The van der Waals surface area contributed by atoms with E-state index in [9.17, 15) is 24.3 Å². The number of methoxy groups -OCH3 is 4. The molecule has 4 aromatic rings. The van der Waals surface area contributed by atoms with Gasteiger partial charge in [-0.05, 0) is 86.7 Å². The van der Waals surface area contributed by atoms with E-state index >= 15 is 0 Å². The number of carbonyl (C=O) groups excluding carboxylic acids is 4. The lowest BCUT2D eigenvalue weighted by Crippen LogP contribution is -2.12. The highest BCUT2D eigenvalue weighted by Gasteiger charge is 2.11. The number of aliphatic hydroxyl groups is 2. The van der Waals surface area contributed by atoms with Gasteiger partial charge in [-0.2, -0.15) is 5.26 Å². The topological polar surface area (TPSA) is 179 Å². The molecule has 1 unspecified atom stereocenters. The van der Waals surface area contributed by atoms with Crippen molar-refractivity contribution in [3.05, 3.63) is 117 Å². The van der Waals surface area contributed by atoms with Crippen LogP contribution in [0.15, 0.2) is 72.8 Å². The minimum Gasteiger partial charge on any atom is -0.496 e. The smallest absolute Gasteiger partial charge is 0.303 e. The molecule has 57 heavy (non-hydrogen) atoms. The summed E-state index contributed by atoms with van der Waals surface area (Å²) >= 11 is 3.13. The Kier molecular flexibility index (Phi) is 25.2. The van der Waals surface area contributed by atoms with Gasteiger partial charge in [-0.15, -0.1) is 0 Å². The Balaban J connectivity index is 0.000000720. The van der Waals surface area contributed by atoms with Gasteiger partial charge < -0.3 is 33.9 Å². The number of benzene rings is 4. The van der Waals surface area contributed by atoms with Gasteiger partial charge in [0.1, 0.15) is 29.1 Å². The van der Waals surface area contributed by atoms with E-state index in [4.69, 9.17) is 29.3 Å². The summed E-state index contributed by atoms with van der Waals surface area (Å²) in [7, 11) is 6.33. The third-order valence-electron chi connectivity index (χ3n) is 7.79. The molecule has 2 N–H and O–H groups in total. The zero-order valence-electron chi connectivity index (χ0n) is 34.5. The van der Waals surface area contributed by atoms with Crippen molar-refractivity contribution < 1.29 is 53.1 Å². The second kappa shape index (κ2) is 27.9. The Hall–Kier alpha value is -5.55. The number of ketones is 3. The van der Waals surface area contributed by atoms with Crippen LogP contribution in [-0.2, 0) is 9.53 Å². The van der Waals surface area contributed by atoms with Crippen molar-refractivity contribution in [2.75, 3.05) is 47.0 Å². The van der Waals surface area contributed by atoms with Crippen LogP contribution in [0.25, 0.3) is 0 Å². The number of aryl methyl sites for hydroxylation is 4. The van der Waals surface area contributed by atoms with Gasteiger partial charge >= 0.3 is 5.97 Å². The third-order valence-corrected chi connectivity index (χ3v) is 8.30. The molecule has 0 aromatic heterocycles. The van der Waals surface area contributed by atoms with E-state index in [0.29, 0.717) is 33.3 Å². The maximum absolute atomic E-state index is 11.6. The standard InChI is InChI=1S/C12H14O4.C10H11BrO2.C10H14O3.C10H12O2.C2H3N/c1-8-4-5-10(6-12(8)15-3)11(14)7-16-9(2)13;2*1-7-3-4-8(9(12)6-11)5-10(7)13-2;1-7-4-5-9(8(2)11)6-10(7)12-3;1-2-3/h4-6H,7H2,1-3H3;3-5H,6H2,1-2H3;3-5,9,11-12H,6H2,1-2H3;4-6H,1-3H3;1H3. The lowest BCUT2D eigenvalue weighted by Gasteiger charge is -2.10. The van der Waals surface area contributed by atoms with E-state index in [-0.39, 0.29) is 30.6 Å². The number of nitriles is 1. The number of aliphatic hydroxyl groups excluding tert-OH is 2. The van der Waals surface area contributed by atoms with Crippen molar-refractivity contribution in [3.63, 3.8) is 0 Å². The van der Waals surface area contributed by atoms with Crippen molar-refractivity contribution in [2.45, 2.75) is 54.6 Å². The molecule has 4 rings (SSSR count). The van der Waals surface area contributed by atoms with Gasteiger partial charge in [-0.3, -0.25) is 19.2 Å². The number of carbonyl (C=O) groups is 4. The fourth-order valence-electron chi connectivity index (χ4n) is 4.50. The molecular formula is C44H54BrNO11. The summed E-state index contributed by atoms with van der Waals surface area (Å²) in [6.07, 6.45) is -0.825. The van der Waals surface area contributed by atoms with Crippen LogP contribution in [0, 0.1) is 39.0 Å². The molecule has 0 bridgehead atoms. The first-order valence-corrected chi connectivity index (χ1v) is 18.6. The van der Waals surface area contributed by atoms with Crippen LogP contribution in [-0.4, -0.2) is 80.5 Å². The van der Waals surface area contributed by atoms with Crippen molar-refractivity contribution in [1.82, 2.24) is 0 Å². The lowest BCUT2D eigenvalue weighted by molar-refractivity contribution is -0.139. The number of Topliss-reactive ketones (excluding diaryl/α,β-unsaturated/α-hetero) is 3. The highest BCUT2D eigenvalue weighted by atomic mass is 79.9. The van der Waals surface area contributed by atoms with Crippen molar-refractivity contribution in [3.8, 4) is 29.1 Å². The van der Waals surface area contributed by atoms with Crippen molar-refractivity contribution >= 4 is 39.2 Å². The summed E-state index contributed by atoms with van der Waals surface area (Å²) in [5.74, 6) is 2.32. The molecule has 0 aliphatic carbocycles. The number of alkyl halides is 1. The molecule has 12 nitrogen and oxygen atoms in total. The Morgan fingerprint density at radius 2 is 1.00 bits per heavy atom. The quantitative estimate of drug-likeness (QED) is 0.0796. The zero-order chi connectivity index (χ0) is 43.7. The van der Waals surface area contributed by atoms with E-state index < -0.39 is 12.1 Å². The second-order valence-electron chi connectivity index (χ2n) is 12.0. The SMILES string of the molecule is CC#N.COc1cc(C(=O)CBr)ccc1C.COc1cc(C(=O)COC(C)=O)ccc1C.COc1cc(C(C)=O)ccc1C.COc1cc(C(O)CO)ccc1C. The van der Waals surface area contributed by atoms with Gasteiger partial charge in [0, 0.05) is 30.5 Å². The van der Waals surface area contributed by atoms with E-state index in [1.165, 1.54) is 13.8 Å². The van der Waals surface area contributed by atoms with Crippen LogP contribution in [0.5, 0.6) is 23.0 Å². The number of rotatable bonds is 12. The fraction of sp³-hybridized carbons (Fsp3) is 0.341. The van der Waals surface area contributed by atoms with E-state index in [1.807, 2.05) is 45.9 Å². The minimum absolute atomic E-state index is 0.0632. The molecule has 4 aromatic carbocycles. The normalized spacial score (nSPS) is 9.98. The number of hydrogen-bond donors (Lipinski definition) is 2. The van der Waals surface area contributed by atoms with E-state index in [2.05, 4.69) is 20.7 Å². The second-order valence-corrected chi connectivity index (χ2v) is 12.6. The predicted molar refractivity (Wildman–Crippen MR) is 223 cm³/mol. The monoisotopic (exact) mass is 851 g/mol. The molecule has 0 fully saturated rings. The summed E-state index contributed by atoms with van der Waals surface area (Å²) in [4.78, 5) is 44.4. The summed E-state index contributed by atoms with van der Waals surface area (Å²) in [6, 6.07) is 23.1. The zero-order valence-corrected chi connectivity index (χ0v) is 36.1. The lowest BCUT2D eigenvalue weighted by atomic mass is 10.1. The molecule has 0 amide bonds. The maximum atomic E-state index is 11.6. The molecule has 308 valence electrons. The Labute approximate surface area is 344 Å². The average molecular weight is 853 g/mol. The molecule has 1 atom stereocenters. The molecule has 0 radical (unpaired) electrons. The number of halogens is 1. The first kappa shape index (κ1) is 51.5. The first-order chi connectivity index (χ1) is 27.0. The molecular weight excluding hydrogens is 798 g/mol. The molecule has 13 heteroatoms. The third kappa shape index (κ3) is 18.8. The van der Waals surface area contributed by atoms with Crippen LogP contribution in [0.4, 0.5) is 0 Å². The van der Waals surface area contributed by atoms with E-state index in [1.54, 1.807) is 96.0 Å². The van der Waals surface area contributed by atoms with Gasteiger partial charge in [-0.1, -0.05) is 64.5 Å². The highest BCUT2D eigenvalue weighted by molar-refractivity contribution is 9.09. The van der Waals surface area contributed by atoms with Gasteiger partial charge in [0.2, 0.25) is 0 Å². The van der Waals surface area contributed by atoms with Gasteiger partial charge in [0.25, 0.3) is 0 Å². The highest BCUT2D eigenvalue weighted by Crippen LogP contribution is 2.23. The Morgan fingerprint density at radius 3 is 1.35 bits per heavy atom. The maximum Gasteiger partial charge on any atom is 0.303 e. The van der Waals surface area contributed by atoms with Crippen LogP contribution >= 0.6 is 15.9 Å². The first-order valence-electron chi connectivity index (χ1n) is 17.4. The fourth-order valence-corrected chi connectivity index (χ4v) is 4.83. The average Bonchev–Trinajstić information content (AvgIpc) is 3.20. The number of esters is 1. The van der Waals surface area contributed by atoms with Crippen molar-refractivity contribution in [1.29, 1.82) is 5.26 Å². The van der Waals surface area contributed by atoms with Crippen LogP contribution < -0.4 is 18.9 Å². The summed E-state index contributed by atoms with van der Waals surface area (Å²) in [5, 5.41) is 25.7. The molecule has 0 aliphatic heterocycles. The number of hydrogen-bond acceptors (Lipinski definition) is 12. The molecule has 0 saturated heterocycles. The number of ether oxygens (including phenoxy) is 5. The minimum atomic E-state index is -0.825. The largest absolute Gasteiger partial charge is 0.496 e. The van der Waals surface area contributed by atoms with E-state index in [0.717, 1.165) is 39.5 Å².